The summed E-state index contributed by atoms with van der Waals surface area (Å²) in [6.45, 7) is 0.161. The predicted octanol–water partition coefficient (Wildman–Crippen LogP) is 1.41. The van der Waals surface area contributed by atoms with E-state index in [9.17, 15) is 9.90 Å². The molecular weight excluding hydrogens is 348 g/mol. The van der Waals surface area contributed by atoms with Gasteiger partial charge in [0.15, 0.2) is 11.5 Å². The van der Waals surface area contributed by atoms with Crippen LogP contribution in [0.15, 0.2) is 46.3 Å². The average molecular weight is 364 g/mol. The zero-order valence-electron chi connectivity index (χ0n) is 14.5. The number of hydrogen-bond donors (Lipinski definition) is 2. The van der Waals surface area contributed by atoms with Crippen molar-refractivity contribution >= 4 is 11.4 Å². The lowest BCUT2D eigenvalue weighted by Crippen LogP contribution is -2.21. The van der Waals surface area contributed by atoms with Gasteiger partial charge < -0.3 is 20.3 Å². The van der Waals surface area contributed by atoms with E-state index in [1.165, 1.54) is 16.3 Å². The smallest absolute Gasteiger partial charge is 0.351 e. The van der Waals surface area contributed by atoms with E-state index in [1.807, 2.05) is 24.3 Å². The first kappa shape index (κ1) is 15.6. The first-order valence-corrected chi connectivity index (χ1v) is 8.40. The van der Waals surface area contributed by atoms with Crippen molar-refractivity contribution in [3.05, 3.63) is 69.3 Å². The Morgan fingerprint density at radius 3 is 2.59 bits per heavy atom. The number of anilines is 1. The molecule has 2 aromatic carbocycles. The van der Waals surface area contributed by atoms with E-state index in [2.05, 4.69) is 5.10 Å². The molecule has 0 bridgehead atoms. The van der Waals surface area contributed by atoms with E-state index >= 15 is 0 Å². The highest BCUT2D eigenvalue weighted by molar-refractivity contribution is 6.14. The van der Waals surface area contributed by atoms with Crippen LogP contribution >= 0.6 is 0 Å². The van der Waals surface area contributed by atoms with Crippen LogP contribution in [-0.2, 0) is 13.5 Å². The highest BCUT2D eigenvalue weighted by atomic mass is 16.7. The number of aromatic hydroxyl groups is 1. The average Bonchev–Trinajstić information content (AvgIpc) is 3.14. The maximum Gasteiger partial charge on any atom is 0.351 e. The maximum atomic E-state index is 12.6. The van der Waals surface area contributed by atoms with Crippen LogP contribution in [0.25, 0.3) is 0 Å². The Hall–Kier alpha value is -3.68. The van der Waals surface area contributed by atoms with E-state index in [0.717, 1.165) is 16.7 Å². The maximum absolute atomic E-state index is 12.6. The van der Waals surface area contributed by atoms with Gasteiger partial charge in [0.25, 0.3) is 0 Å². The van der Waals surface area contributed by atoms with Gasteiger partial charge in [-0.25, -0.2) is 4.79 Å². The fourth-order valence-electron chi connectivity index (χ4n) is 3.43. The molecular formula is C19H16N4O4. The van der Waals surface area contributed by atoms with Crippen LogP contribution in [0.2, 0.25) is 0 Å². The number of nitrogens with zero attached hydrogens (tertiary/aromatic N) is 3. The van der Waals surface area contributed by atoms with Crippen LogP contribution < -0.4 is 20.9 Å². The number of hydrogen-bond acceptors (Lipinski definition) is 6. The molecule has 3 aromatic rings. The predicted molar refractivity (Wildman–Crippen MR) is 98.6 cm³/mol. The molecule has 27 heavy (non-hydrogen) atoms. The van der Waals surface area contributed by atoms with Gasteiger partial charge in [-0.1, -0.05) is 12.1 Å². The van der Waals surface area contributed by atoms with Gasteiger partial charge in [0.2, 0.25) is 12.7 Å². The molecule has 8 nitrogen and oxygen atoms in total. The second kappa shape index (κ2) is 5.41. The third kappa shape index (κ3) is 2.23. The molecule has 0 aliphatic carbocycles. The van der Waals surface area contributed by atoms with Crippen LogP contribution in [0.3, 0.4) is 0 Å². The van der Waals surface area contributed by atoms with Gasteiger partial charge >= 0.3 is 5.69 Å². The summed E-state index contributed by atoms with van der Waals surface area (Å²) in [6, 6.07) is 11.0. The Morgan fingerprint density at radius 2 is 1.85 bits per heavy atom. The Balaban J connectivity index is 1.83. The molecule has 0 spiro atoms. The topological polar surface area (TPSA) is 104 Å². The first-order valence-electron chi connectivity index (χ1n) is 8.40. The number of imidazole rings is 1. The quantitative estimate of drug-likeness (QED) is 0.497. The molecule has 2 aliphatic heterocycles. The summed E-state index contributed by atoms with van der Waals surface area (Å²) >= 11 is 0. The Labute approximate surface area is 153 Å². The Bertz CT molecular complexity index is 1170. The molecule has 2 aliphatic rings. The van der Waals surface area contributed by atoms with Gasteiger partial charge in [-0.15, -0.1) is 0 Å². The van der Waals surface area contributed by atoms with Crippen molar-refractivity contribution in [2.24, 2.45) is 12.1 Å². The zero-order valence-corrected chi connectivity index (χ0v) is 14.5. The van der Waals surface area contributed by atoms with Crippen molar-refractivity contribution in [3.8, 4) is 17.4 Å². The Morgan fingerprint density at radius 1 is 1.15 bits per heavy atom. The van der Waals surface area contributed by atoms with Crippen LogP contribution in [0.1, 0.15) is 22.4 Å². The molecule has 136 valence electrons. The number of benzene rings is 2. The molecule has 3 heterocycles. The number of fused-ring (bicyclic) bond motifs is 3. The fraction of sp³-hybridized carbons (Fsp3) is 0.158. The van der Waals surface area contributed by atoms with Crippen LogP contribution in [0.5, 0.6) is 17.4 Å². The van der Waals surface area contributed by atoms with Gasteiger partial charge in [0, 0.05) is 30.3 Å². The van der Waals surface area contributed by atoms with Crippen molar-refractivity contribution in [2.45, 2.75) is 6.42 Å². The second-order valence-electron chi connectivity index (χ2n) is 6.53. The summed E-state index contributed by atoms with van der Waals surface area (Å²) in [6.07, 6.45) is 0.329. The Kier molecular flexibility index (Phi) is 3.12. The molecule has 0 atom stereocenters. The number of ether oxygens (including phenoxy) is 2. The summed E-state index contributed by atoms with van der Waals surface area (Å²) in [5.41, 5.74) is 9.54. The van der Waals surface area contributed by atoms with E-state index < -0.39 is 5.69 Å². The monoisotopic (exact) mass is 364 g/mol. The summed E-state index contributed by atoms with van der Waals surface area (Å²) in [5.74, 6) is 1.16. The minimum Gasteiger partial charge on any atom is -0.493 e. The molecule has 0 saturated carbocycles. The summed E-state index contributed by atoms with van der Waals surface area (Å²) in [4.78, 5) is 12.6. The van der Waals surface area contributed by atoms with Gasteiger partial charge in [0.1, 0.15) is 5.69 Å². The summed E-state index contributed by atoms with van der Waals surface area (Å²) < 4.78 is 13.4. The van der Waals surface area contributed by atoms with E-state index in [-0.39, 0.29) is 12.7 Å². The lowest BCUT2D eigenvalue weighted by Gasteiger charge is -2.11. The van der Waals surface area contributed by atoms with E-state index in [0.29, 0.717) is 35.0 Å². The molecule has 1 aromatic heterocycles. The minimum absolute atomic E-state index is 0.106. The lowest BCUT2D eigenvalue weighted by molar-refractivity contribution is 0.174. The minimum atomic E-state index is -0.414. The molecule has 0 radical (unpaired) electrons. The number of rotatable bonds is 1. The van der Waals surface area contributed by atoms with Crippen molar-refractivity contribution in [2.75, 3.05) is 12.5 Å². The van der Waals surface area contributed by atoms with Crippen molar-refractivity contribution in [3.63, 3.8) is 0 Å². The van der Waals surface area contributed by atoms with E-state index in [1.54, 1.807) is 12.1 Å². The second-order valence-corrected chi connectivity index (χ2v) is 6.53. The molecule has 0 fully saturated rings. The molecule has 0 amide bonds. The van der Waals surface area contributed by atoms with E-state index in [4.69, 9.17) is 15.2 Å². The van der Waals surface area contributed by atoms with Crippen LogP contribution in [-0.4, -0.2) is 26.9 Å². The number of nitrogen functional groups attached to an aromatic ring is 1. The zero-order chi connectivity index (χ0) is 18.7. The highest BCUT2D eigenvalue weighted by Gasteiger charge is 2.27. The van der Waals surface area contributed by atoms with Gasteiger partial charge in [-0.2, -0.15) is 9.78 Å². The molecule has 5 rings (SSSR count). The van der Waals surface area contributed by atoms with Crippen molar-refractivity contribution in [1.29, 1.82) is 0 Å². The normalized spacial score (nSPS) is 14.3. The SMILES string of the molecule is Cn1c(O)c2n(c1=O)N=C(c1ccc(N)cc1)c1cc3c(cc1C2)OCO3. The third-order valence-corrected chi connectivity index (χ3v) is 4.90. The molecule has 3 N–H and O–H groups in total. The highest BCUT2D eigenvalue weighted by Crippen LogP contribution is 2.38. The van der Waals surface area contributed by atoms with Gasteiger partial charge in [0.05, 0.1) is 5.71 Å². The van der Waals surface area contributed by atoms with Crippen molar-refractivity contribution < 1.29 is 14.6 Å². The van der Waals surface area contributed by atoms with Gasteiger partial charge in [-0.3, -0.25) is 4.57 Å². The summed E-state index contributed by atoms with van der Waals surface area (Å²) in [7, 11) is 1.51. The number of nitrogens with two attached hydrogens (primary N) is 1. The third-order valence-electron chi connectivity index (χ3n) is 4.90. The largest absolute Gasteiger partial charge is 0.493 e. The van der Waals surface area contributed by atoms with Crippen molar-refractivity contribution in [1.82, 2.24) is 9.24 Å². The molecule has 0 unspecified atom stereocenters. The number of aromatic nitrogens is 2. The summed E-state index contributed by atoms with van der Waals surface area (Å²) in [5, 5.41) is 15.0. The fourth-order valence-corrected chi connectivity index (χ4v) is 3.43. The molecule has 8 heteroatoms. The first-order chi connectivity index (χ1) is 13.0. The van der Waals surface area contributed by atoms with Gasteiger partial charge in [-0.05, 0) is 29.8 Å². The standard InChI is InChI=1S/C19H16N4O4/c1-22-18(24)14-6-11-7-15-16(27-9-26-15)8-13(11)17(21-23(14)19(22)25)10-2-4-12(20)5-3-10/h2-5,7-8,24H,6,9,20H2,1H3. The van der Waals surface area contributed by atoms with Crippen LogP contribution in [0.4, 0.5) is 5.69 Å². The van der Waals surface area contributed by atoms with Crippen LogP contribution in [0, 0.1) is 0 Å². The lowest BCUT2D eigenvalue weighted by atomic mass is 9.94. The molecule has 0 saturated heterocycles.